The molecular weight excluding hydrogens is 450 g/mol. The van der Waals surface area contributed by atoms with Crippen LogP contribution in [0.15, 0.2) is 67.0 Å². The fourth-order valence-corrected chi connectivity index (χ4v) is 4.66. The van der Waals surface area contributed by atoms with Crippen LogP contribution in [0, 0.1) is 6.92 Å². The molecule has 0 saturated carbocycles. The summed E-state index contributed by atoms with van der Waals surface area (Å²) in [5, 5.41) is 7.44. The summed E-state index contributed by atoms with van der Waals surface area (Å²) < 4.78 is 6.21. The Bertz CT molecular complexity index is 1400. The quantitative estimate of drug-likeness (QED) is 0.368. The zero-order valence-electron chi connectivity index (χ0n) is 20.6. The molecule has 0 unspecified atom stereocenters. The van der Waals surface area contributed by atoms with Gasteiger partial charge in [0.05, 0.1) is 29.8 Å². The van der Waals surface area contributed by atoms with Gasteiger partial charge in [-0.2, -0.15) is 0 Å². The number of pyridine rings is 2. The first-order valence-electron chi connectivity index (χ1n) is 12.3. The van der Waals surface area contributed by atoms with Gasteiger partial charge in [-0.1, -0.05) is 43.3 Å². The van der Waals surface area contributed by atoms with Gasteiger partial charge in [0, 0.05) is 42.0 Å². The average Bonchev–Trinajstić information content (AvgIpc) is 3.34. The molecule has 3 heterocycles. The normalized spacial score (nSPS) is 17.4. The summed E-state index contributed by atoms with van der Waals surface area (Å²) >= 11 is 0. The van der Waals surface area contributed by atoms with E-state index in [0.29, 0.717) is 25.3 Å². The van der Waals surface area contributed by atoms with E-state index in [2.05, 4.69) is 52.6 Å². The molecule has 184 valence electrons. The highest BCUT2D eigenvalue weighted by molar-refractivity contribution is 5.99. The highest BCUT2D eigenvalue weighted by atomic mass is 16.5. The van der Waals surface area contributed by atoms with Crippen molar-refractivity contribution in [1.82, 2.24) is 20.6 Å². The Morgan fingerprint density at radius 2 is 1.89 bits per heavy atom. The Kier molecular flexibility index (Phi) is 6.93. The van der Waals surface area contributed by atoms with Crippen molar-refractivity contribution in [1.29, 1.82) is 0 Å². The second kappa shape index (κ2) is 10.4. The summed E-state index contributed by atoms with van der Waals surface area (Å²) in [5.74, 6) is -0.0679. The molecule has 7 nitrogen and oxygen atoms in total. The van der Waals surface area contributed by atoms with Gasteiger partial charge in [0.15, 0.2) is 0 Å². The van der Waals surface area contributed by atoms with E-state index >= 15 is 0 Å². The first-order chi connectivity index (χ1) is 17.5. The molecule has 7 heteroatoms. The van der Waals surface area contributed by atoms with E-state index in [1.807, 2.05) is 30.3 Å². The molecule has 0 spiro atoms. The van der Waals surface area contributed by atoms with Crippen molar-refractivity contribution in [3.05, 3.63) is 89.2 Å². The number of nitrogen functional groups attached to an aromatic ring is 1. The third-order valence-corrected chi connectivity index (χ3v) is 6.82. The van der Waals surface area contributed by atoms with Crippen molar-refractivity contribution < 1.29 is 9.53 Å². The lowest BCUT2D eigenvalue weighted by Crippen LogP contribution is -2.44. The lowest BCUT2D eigenvalue weighted by Gasteiger charge is -2.21. The number of nitrogens with one attached hydrogen (secondary N) is 2. The molecule has 1 aliphatic rings. The van der Waals surface area contributed by atoms with Crippen LogP contribution in [0.3, 0.4) is 0 Å². The number of amides is 1. The Balaban J connectivity index is 1.29. The van der Waals surface area contributed by atoms with Gasteiger partial charge < -0.3 is 21.1 Å². The zero-order chi connectivity index (χ0) is 25.1. The number of ether oxygens (including phenoxy) is 1. The van der Waals surface area contributed by atoms with Crippen LogP contribution in [0.5, 0.6) is 0 Å². The van der Waals surface area contributed by atoms with Crippen molar-refractivity contribution >= 4 is 22.6 Å². The van der Waals surface area contributed by atoms with Crippen LogP contribution in [-0.2, 0) is 17.8 Å². The molecule has 4 N–H and O–H groups in total. The molecule has 0 radical (unpaired) electrons. The largest absolute Gasteiger partial charge is 0.383 e. The number of aryl methyl sites for hydroxylation is 2. The van der Waals surface area contributed by atoms with Crippen molar-refractivity contribution in [3.8, 4) is 11.1 Å². The number of nitrogens with two attached hydrogens (primary N) is 1. The van der Waals surface area contributed by atoms with Gasteiger partial charge in [0.2, 0.25) is 0 Å². The van der Waals surface area contributed by atoms with Gasteiger partial charge in [-0.15, -0.1) is 0 Å². The van der Waals surface area contributed by atoms with Crippen LogP contribution in [0.25, 0.3) is 22.0 Å². The minimum absolute atomic E-state index is 0.137. The Morgan fingerprint density at radius 1 is 1.08 bits per heavy atom. The number of aromatic nitrogens is 2. The number of nitrogens with zero attached hydrogens (tertiary/aromatic N) is 2. The standard InChI is InChI=1S/C29H31N5O2/c1-3-20-10-19(9-8-18(20)2)17-36-27-16-31-15-26(27)34-29(35)24-12-23(14-33-28(24)30)22-11-21-6-4-5-7-25(21)32-13-22/h4-14,26-27,31H,3,15-17H2,1-2H3,(H2,30,33)(H,34,35)/t26-,27-/m0/s1. The maximum Gasteiger partial charge on any atom is 0.255 e. The Hall–Kier alpha value is -3.81. The van der Waals surface area contributed by atoms with Crippen molar-refractivity contribution in [2.24, 2.45) is 0 Å². The van der Waals surface area contributed by atoms with Gasteiger partial charge in [-0.3, -0.25) is 9.78 Å². The SMILES string of the molecule is CCc1cc(CO[C@H]2CNC[C@@H]2NC(=O)c2cc(-c3cnc4ccccc4c3)cnc2N)ccc1C. The number of hydrogen-bond acceptors (Lipinski definition) is 6. The van der Waals surface area contributed by atoms with Crippen molar-refractivity contribution in [2.75, 3.05) is 18.8 Å². The van der Waals surface area contributed by atoms with Crippen LogP contribution in [0.2, 0.25) is 0 Å². The lowest BCUT2D eigenvalue weighted by molar-refractivity contribution is 0.0357. The molecule has 0 aliphatic carbocycles. The fourth-order valence-electron chi connectivity index (χ4n) is 4.66. The second-order valence-corrected chi connectivity index (χ2v) is 9.28. The maximum absolute atomic E-state index is 13.2. The van der Waals surface area contributed by atoms with E-state index in [9.17, 15) is 4.79 Å². The summed E-state index contributed by atoms with van der Waals surface area (Å²) in [6.45, 7) is 6.09. The molecule has 1 fully saturated rings. The first kappa shape index (κ1) is 23.9. The van der Waals surface area contributed by atoms with Gasteiger partial charge in [0.1, 0.15) is 5.82 Å². The van der Waals surface area contributed by atoms with Crippen molar-refractivity contribution in [3.63, 3.8) is 0 Å². The number of hydrogen-bond donors (Lipinski definition) is 3. The van der Waals surface area contributed by atoms with Crippen LogP contribution >= 0.6 is 0 Å². The van der Waals surface area contributed by atoms with E-state index in [4.69, 9.17) is 10.5 Å². The molecule has 36 heavy (non-hydrogen) atoms. The summed E-state index contributed by atoms with van der Waals surface area (Å²) in [6.07, 6.45) is 4.32. The molecule has 2 aromatic heterocycles. The Labute approximate surface area is 211 Å². The van der Waals surface area contributed by atoms with Crippen LogP contribution in [0.4, 0.5) is 5.82 Å². The van der Waals surface area contributed by atoms with Crippen LogP contribution < -0.4 is 16.4 Å². The third kappa shape index (κ3) is 5.08. The minimum atomic E-state index is -0.262. The number of rotatable bonds is 7. The van der Waals surface area contributed by atoms with Crippen LogP contribution in [-0.4, -0.2) is 41.1 Å². The molecule has 5 rings (SSSR count). The number of para-hydroxylation sites is 1. The highest BCUT2D eigenvalue weighted by Gasteiger charge is 2.30. The number of carbonyl (C=O) groups is 1. The topological polar surface area (TPSA) is 102 Å². The van der Waals surface area contributed by atoms with Gasteiger partial charge in [-0.05, 0) is 48.2 Å². The summed E-state index contributed by atoms with van der Waals surface area (Å²) in [6, 6.07) is 18.0. The second-order valence-electron chi connectivity index (χ2n) is 9.28. The fraction of sp³-hybridized carbons (Fsp3) is 0.276. The summed E-state index contributed by atoms with van der Waals surface area (Å²) in [7, 11) is 0. The Morgan fingerprint density at radius 3 is 2.75 bits per heavy atom. The molecular formula is C29H31N5O2. The van der Waals surface area contributed by atoms with Gasteiger partial charge >= 0.3 is 0 Å². The number of fused-ring (bicyclic) bond motifs is 1. The zero-order valence-corrected chi connectivity index (χ0v) is 20.6. The molecule has 4 aromatic rings. The van der Waals surface area contributed by atoms with Gasteiger partial charge in [-0.25, -0.2) is 4.98 Å². The van der Waals surface area contributed by atoms with Crippen molar-refractivity contribution in [2.45, 2.75) is 39.0 Å². The van der Waals surface area contributed by atoms with E-state index < -0.39 is 0 Å². The third-order valence-electron chi connectivity index (χ3n) is 6.82. The maximum atomic E-state index is 13.2. The number of carbonyl (C=O) groups excluding carboxylic acids is 1. The summed E-state index contributed by atoms with van der Waals surface area (Å²) in [4.78, 5) is 22.0. The lowest BCUT2D eigenvalue weighted by atomic mass is 10.0. The van der Waals surface area contributed by atoms with E-state index in [1.165, 1.54) is 11.1 Å². The first-order valence-corrected chi connectivity index (χ1v) is 12.3. The monoisotopic (exact) mass is 481 g/mol. The molecule has 0 bridgehead atoms. The van der Waals surface area contributed by atoms with Crippen LogP contribution in [0.1, 0.15) is 34.0 Å². The predicted molar refractivity (Wildman–Crippen MR) is 143 cm³/mol. The van der Waals surface area contributed by atoms with E-state index in [-0.39, 0.29) is 23.9 Å². The minimum Gasteiger partial charge on any atom is -0.383 e. The number of benzene rings is 2. The highest BCUT2D eigenvalue weighted by Crippen LogP contribution is 2.25. The molecule has 2 atom stereocenters. The molecule has 1 saturated heterocycles. The summed E-state index contributed by atoms with van der Waals surface area (Å²) in [5.41, 5.74) is 12.8. The van der Waals surface area contributed by atoms with Gasteiger partial charge in [0.25, 0.3) is 5.91 Å². The molecule has 1 amide bonds. The number of anilines is 1. The van der Waals surface area contributed by atoms with E-state index in [1.54, 1.807) is 18.5 Å². The molecule has 1 aliphatic heterocycles. The van der Waals surface area contributed by atoms with E-state index in [0.717, 1.165) is 34.0 Å². The predicted octanol–water partition coefficient (Wildman–Crippen LogP) is 4.04. The smallest absolute Gasteiger partial charge is 0.255 e. The molecule has 2 aromatic carbocycles. The average molecular weight is 482 g/mol.